The molecule has 0 aliphatic carbocycles. The molecule has 0 bridgehead atoms. The lowest BCUT2D eigenvalue weighted by molar-refractivity contribution is 0.0793. The van der Waals surface area contributed by atoms with Gasteiger partial charge in [0.2, 0.25) is 0 Å². The van der Waals surface area contributed by atoms with Crippen molar-refractivity contribution in [1.29, 1.82) is 0 Å². The summed E-state index contributed by atoms with van der Waals surface area (Å²) in [6.07, 6.45) is 5.72. The zero-order valence-electron chi connectivity index (χ0n) is 14.8. The van der Waals surface area contributed by atoms with Gasteiger partial charge in [-0.15, -0.1) is 11.3 Å². The number of pyridine rings is 1. The summed E-state index contributed by atoms with van der Waals surface area (Å²) >= 11 is 1.50. The maximum Gasteiger partial charge on any atom is 0.257 e. The van der Waals surface area contributed by atoms with E-state index in [9.17, 15) is 9.59 Å². The molecule has 2 aromatic rings. The van der Waals surface area contributed by atoms with E-state index in [4.69, 9.17) is 0 Å². The van der Waals surface area contributed by atoms with E-state index in [-0.39, 0.29) is 17.6 Å². The Morgan fingerprint density at radius 3 is 2.69 bits per heavy atom. The fraction of sp³-hybridized carbons (Fsp3) is 0.450. The van der Waals surface area contributed by atoms with Crippen LogP contribution >= 0.6 is 11.3 Å². The topological polar surface area (TPSA) is 53.5 Å². The second-order valence-corrected chi connectivity index (χ2v) is 7.95. The Hall–Kier alpha value is -2.21. The van der Waals surface area contributed by atoms with Gasteiger partial charge in [0, 0.05) is 38.3 Å². The quantitative estimate of drug-likeness (QED) is 0.775. The number of rotatable bonds is 4. The van der Waals surface area contributed by atoms with Crippen LogP contribution in [-0.2, 0) is 0 Å². The summed E-state index contributed by atoms with van der Waals surface area (Å²) in [6.45, 7) is 3.12. The van der Waals surface area contributed by atoms with Crippen LogP contribution in [-0.4, -0.2) is 47.8 Å². The molecule has 136 valence electrons. The largest absolute Gasteiger partial charge is 0.355 e. The standard InChI is InChI=1S/C20H23N3O2S/c24-18(17-8-5-13-26-17)15-6-4-12-23(14-15)19-16(7-3-9-21-19)20(25)22-10-1-2-11-22/h3,5,7-9,13,15H,1-2,4,6,10-12,14H2. The van der Waals surface area contributed by atoms with Crippen LogP contribution in [0.3, 0.4) is 0 Å². The molecule has 0 spiro atoms. The molecule has 4 heterocycles. The average molecular weight is 369 g/mol. The maximum atomic E-state index is 12.9. The predicted molar refractivity (Wildman–Crippen MR) is 103 cm³/mol. The number of aromatic nitrogens is 1. The monoisotopic (exact) mass is 369 g/mol. The second-order valence-electron chi connectivity index (χ2n) is 7.00. The van der Waals surface area contributed by atoms with E-state index in [1.807, 2.05) is 34.5 Å². The van der Waals surface area contributed by atoms with Gasteiger partial charge >= 0.3 is 0 Å². The zero-order chi connectivity index (χ0) is 17.9. The van der Waals surface area contributed by atoms with E-state index >= 15 is 0 Å². The van der Waals surface area contributed by atoms with Crippen molar-refractivity contribution in [1.82, 2.24) is 9.88 Å². The lowest BCUT2D eigenvalue weighted by atomic mass is 9.92. The van der Waals surface area contributed by atoms with Gasteiger partial charge in [-0.05, 0) is 49.3 Å². The van der Waals surface area contributed by atoms with Gasteiger partial charge in [0.15, 0.2) is 5.78 Å². The van der Waals surface area contributed by atoms with E-state index in [2.05, 4.69) is 9.88 Å². The minimum Gasteiger partial charge on any atom is -0.355 e. The maximum absolute atomic E-state index is 12.9. The Morgan fingerprint density at radius 1 is 1.08 bits per heavy atom. The van der Waals surface area contributed by atoms with Gasteiger partial charge in [0.1, 0.15) is 5.82 Å². The number of carbonyl (C=O) groups is 2. The number of hydrogen-bond acceptors (Lipinski definition) is 5. The summed E-state index contributed by atoms with van der Waals surface area (Å²) in [4.78, 5) is 35.1. The van der Waals surface area contributed by atoms with Crippen LogP contribution in [0.15, 0.2) is 35.8 Å². The van der Waals surface area contributed by atoms with E-state index in [1.54, 1.807) is 6.20 Å². The van der Waals surface area contributed by atoms with Crippen LogP contribution in [0, 0.1) is 5.92 Å². The molecule has 1 amide bonds. The fourth-order valence-electron chi connectivity index (χ4n) is 3.91. The van der Waals surface area contributed by atoms with Gasteiger partial charge in [0.25, 0.3) is 5.91 Å². The third-order valence-corrected chi connectivity index (χ3v) is 6.15. The predicted octanol–water partition coefficient (Wildman–Crippen LogP) is 3.48. The minimum absolute atomic E-state index is 0.0286. The molecular formula is C20H23N3O2S. The molecule has 6 heteroatoms. The number of nitrogens with zero attached hydrogens (tertiary/aromatic N) is 3. The van der Waals surface area contributed by atoms with E-state index in [0.29, 0.717) is 12.1 Å². The van der Waals surface area contributed by atoms with Gasteiger partial charge in [-0.25, -0.2) is 4.98 Å². The number of Topliss-reactive ketones (excluding diaryl/α,β-unsaturated/α-hetero) is 1. The molecule has 5 nitrogen and oxygen atoms in total. The number of anilines is 1. The third kappa shape index (κ3) is 3.38. The van der Waals surface area contributed by atoms with Crippen molar-refractivity contribution in [3.05, 3.63) is 46.3 Å². The molecule has 2 fully saturated rings. The van der Waals surface area contributed by atoms with Crippen molar-refractivity contribution >= 4 is 28.8 Å². The van der Waals surface area contributed by atoms with Crippen molar-refractivity contribution in [2.75, 3.05) is 31.1 Å². The molecule has 0 saturated carbocycles. The van der Waals surface area contributed by atoms with Crippen molar-refractivity contribution in [3.8, 4) is 0 Å². The molecule has 1 unspecified atom stereocenters. The smallest absolute Gasteiger partial charge is 0.257 e. The number of hydrogen-bond donors (Lipinski definition) is 0. The van der Waals surface area contributed by atoms with Gasteiger partial charge in [-0.3, -0.25) is 9.59 Å². The summed E-state index contributed by atoms with van der Waals surface area (Å²) < 4.78 is 0. The van der Waals surface area contributed by atoms with Crippen molar-refractivity contribution in [3.63, 3.8) is 0 Å². The zero-order valence-corrected chi connectivity index (χ0v) is 15.6. The number of ketones is 1. The first-order valence-corrected chi connectivity index (χ1v) is 10.2. The molecule has 0 radical (unpaired) electrons. The highest BCUT2D eigenvalue weighted by Gasteiger charge is 2.30. The molecule has 2 aromatic heterocycles. The molecule has 0 aromatic carbocycles. The van der Waals surface area contributed by atoms with E-state index in [1.165, 1.54) is 11.3 Å². The van der Waals surface area contributed by atoms with Gasteiger partial charge in [0.05, 0.1) is 10.4 Å². The van der Waals surface area contributed by atoms with Crippen molar-refractivity contribution < 1.29 is 9.59 Å². The lowest BCUT2D eigenvalue weighted by Gasteiger charge is -2.34. The first-order chi connectivity index (χ1) is 12.7. The molecule has 2 saturated heterocycles. The lowest BCUT2D eigenvalue weighted by Crippen LogP contribution is -2.40. The van der Waals surface area contributed by atoms with Crippen LogP contribution in [0.25, 0.3) is 0 Å². The summed E-state index contributed by atoms with van der Waals surface area (Å²) in [5.41, 5.74) is 0.665. The summed E-state index contributed by atoms with van der Waals surface area (Å²) in [7, 11) is 0. The van der Waals surface area contributed by atoms with Crippen molar-refractivity contribution in [2.24, 2.45) is 5.92 Å². The molecular weight excluding hydrogens is 346 g/mol. The second kappa shape index (κ2) is 7.58. The Morgan fingerprint density at radius 2 is 1.92 bits per heavy atom. The first kappa shape index (κ1) is 17.2. The van der Waals surface area contributed by atoms with Crippen LogP contribution in [0.1, 0.15) is 45.7 Å². The third-order valence-electron chi connectivity index (χ3n) is 5.27. The molecule has 26 heavy (non-hydrogen) atoms. The first-order valence-electron chi connectivity index (χ1n) is 9.31. The minimum atomic E-state index is -0.0286. The van der Waals surface area contributed by atoms with Crippen LogP contribution in [0.4, 0.5) is 5.82 Å². The number of carbonyl (C=O) groups excluding carboxylic acids is 2. The Balaban J connectivity index is 1.55. The van der Waals surface area contributed by atoms with Gasteiger partial charge in [-0.2, -0.15) is 0 Å². The summed E-state index contributed by atoms with van der Waals surface area (Å²) in [5.74, 6) is 0.984. The van der Waals surface area contributed by atoms with Crippen LogP contribution in [0.5, 0.6) is 0 Å². The SMILES string of the molecule is O=C(c1cccs1)C1CCCN(c2ncccc2C(=O)N2CCCC2)C1. The van der Waals surface area contributed by atoms with E-state index < -0.39 is 0 Å². The number of likely N-dealkylation sites (tertiary alicyclic amines) is 1. The van der Waals surface area contributed by atoms with Gasteiger partial charge < -0.3 is 9.80 Å². The Kier molecular flexibility index (Phi) is 5.02. The number of amides is 1. The normalized spacial score (nSPS) is 20.4. The molecule has 2 aliphatic rings. The fourth-order valence-corrected chi connectivity index (χ4v) is 4.65. The molecule has 0 N–H and O–H groups in total. The van der Waals surface area contributed by atoms with Crippen molar-refractivity contribution in [2.45, 2.75) is 25.7 Å². The highest BCUT2D eigenvalue weighted by atomic mass is 32.1. The van der Waals surface area contributed by atoms with Gasteiger partial charge in [-0.1, -0.05) is 6.07 Å². The molecule has 1 atom stereocenters. The van der Waals surface area contributed by atoms with E-state index in [0.717, 1.165) is 56.0 Å². The Labute approximate surface area is 157 Å². The Bertz CT molecular complexity index is 784. The summed E-state index contributed by atoms with van der Waals surface area (Å²) in [6, 6.07) is 7.51. The molecule has 2 aliphatic heterocycles. The summed E-state index contributed by atoms with van der Waals surface area (Å²) in [5, 5.41) is 1.94. The number of piperidine rings is 1. The number of thiophene rings is 1. The highest BCUT2D eigenvalue weighted by molar-refractivity contribution is 7.12. The highest BCUT2D eigenvalue weighted by Crippen LogP contribution is 2.28. The van der Waals surface area contributed by atoms with Crippen LogP contribution < -0.4 is 4.90 Å². The molecule has 4 rings (SSSR count). The average Bonchev–Trinajstić information content (AvgIpc) is 3.41. The van der Waals surface area contributed by atoms with Crippen LogP contribution in [0.2, 0.25) is 0 Å².